The van der Waals surface area contributed by atoms with E-state index in [1.54, 1.807) is 0 Å². The molecule has 0 radical (unpaired) electrons. The molecule has 0 aliphatic rings. The minimum absolute atomic E-state index is 0. The second-order valence-corrected chi connectivity index (χ2v) is 13.9. The van der Waals surface area contributed by atoms with Crippen LogP contribution in [0.5, 0.6) is 0 Å². The first-order valence-corrected chi connectivity index (χ1v) is 14.8. The van der Waals surface area contributed by atoms with Gasteiger partial charge in [0.2, 0.25) is 0 Å². The maximum absolute atomic E-state index is 2.27. The van der Waals surface area contributed by atoms with E-state index < -0.39 is 0 Å². The van der Waals surface area contributed by atoms with Crippen molar-refractivity contribution in [3.8, 4) is 0 Å². The van der Waals surface area contributed by atoms with Crippen molar-refractivity contribution < 1.29 is 44.0 Å². The van der Waals surface area contributed by atoms with Crippen LogP contribution in [0.1, 0.15) is 11.1 Å². The van der Waals surface area contributed by atoms with Crippen molar-refractivity contribution in [3.63, 3.8) is 0 Å². The SMILES string of the molecule is C[Si](C)=[Ti+2].[Cl-].[Cl-].c1ccc(Cc2c[cH-]c3ccccc23)cc1.c1ccc2[cH-]ccc2c1. The summed E-state index contributed by atoms with van der Waals surface area (Å²) < 4.78 is 0. The molecule has 4 heteroatoms. The molecule has 0 nitrogen and oxygen atoms in total. The third-order valence-corrected chi connectivity index (χ3v) is 4.56. The molecule has 0 unspecified atom stereocenters. The standard InChI is InChI=1S/C16H13.C9H7.C2H6Si.2ClH.Ti/c1-2-6-13(7-3-1)12-15-11-10-14-8-4-5-9-16(14)15;1-2-5-9-7-3-6-8(9)4-1;1-3-2;;;/h1-11H,12H2;1-7H;1-2H3;2*1H;/q2*-1;;;;+2/p-2. The van der Waals surface area contributed by atoms with Gasteiger partial charge in [-0.3, -0.25) is 0 Å². The first kappa shape index (κ1) is 27.4. The van der Waals surface area contributed by atoms with Crippen LogP contribution in [0.25, 0.3) is 21.5 Å². The zero-order valence-electron chi connectivity index (χ0n) is 17.9. The van der Waals surface area contributed by atoms with E-state index in [9.17, 15) is 0 Å². The van der Waals surface area contributed by atoms with Crippen molar-refractivity contribution in [2.45, 2.75) is 19.5 Å². The van der Waals surface area contributed by atoms with Crippen molar-refractivity contribution in [2.75, 3.05) is 0 Å². The van der Waals surface area contributed by atoms with Gasteiger partial charge in [-0.25, -0.2) is 0 Å². The number of fused-ring (bicyclic) bond motifs is 2. The van der Waals surface area contributed by atoms with E-state index in [4.69, 9.17) is 0 Å². The molecule has 0 heterocycles. The van der Waals surface area contributed by atoms with Gasteiger partial charge < -0.3 is 24.8 Å². The molecule has 0 N–H and O–H groups in total. The first-order valence-electron chi connectivity index (χ1n) is 9.93. The molecule has 0 saturated carbocycles. The number of hydrogen-bond acceptors (Lipinski definition) is 0. The van der Waals surface area contributed by atoms with E-state index in [0.717, 1.165) is 6.42 Å². The molecule has 0 fully saturated rings. The van der Waals surface area contributed by atoms with Crippen LogP contribution in [0.15, 0.2) is 109 Å². The molecule has 0 amide bonds. The summed E-state index contributed by atoms with van der Waals surface area (Å²) in [6.45, 7) is 4.54. The second kappa shape index (κ2) is 14.5. The number of benzene rings is 3. The topological polar surface area (TPSA) is 0 Å². The molecule has 5 aromatic carbocycles. The Hall–Kier alpha value is -1.61. The molecular formula is C27H26Cl2SiTi-2. The quantitative estimate of drug-likeness (QED) is 0.256. The van der Waals surface area contributed by atoms with Crippen LogP contribution in [0.3, 0.4) is 0 Å². The van der Waals surface area contributed by atoms with Crippen LogP contribution in [0, 0.1) is 0 Å². The fraction of sp³-hybridized carbons (Fsp3) is 0.111. The van der Waals surface area contributed by atoms with Crippen molar-refractivity contribution in [1.82, 2.24) is 0 Å². The predicted molar refractivity (Wildman–Crippen MR) is 126 cm³/mol. The number of halogens is 2. The molecule has 5 rings (SSSR count). The van der Waals surface area contributed by atoms with Gasteiger partial charge in [-0.1, -0.05) is 48.0 Å². The van der Waals surface area contributed by atoms with Crippen LogP contribution >= 0.6 is 0 Å². The van der Waals surface area contributed by atoms with Gasteiger partial charge in [0, 0.05) is 0 Å². The van der Waals surface area contributed by atoms with E-state index in [-0.39, 0.29) is 31.0 Å². The van der Waals surface area contributed by atoms with E-state index in [1.165, 1.54) is 32.7 Å². The largest absolute Gasteiger partial charge is 1.00 e. The molecule has 0 atom stereocenters. The van der Waals surface area contributed by atoms with Gasteiger partial charge in [0.05, 0.1) is 0 Å². The molecule has 0 bridgehead atoms. The fourth-order valence-electron chi connectivity index (χ4n) is 3.25. The summed E-state index contributed by atoms with van der Waals surface area (Å²) in [5, 5.41) is 5.38. The number of rotatable bonds is 2. The van der Waals surface area contributed by atoms with E-state index in [1.807, 2.05) is 0 Å². The van der Waals surface area contributed by atoms with Crippen LogP contribution < -0.4 is 24.8 Å². The van der Waals surface area contributed by atoms with Gasteiger partial charge >= 0.3 is 38.5 Å². The zero-order valence-corrected chi connectivity index (χ0v) is 21.9. The minimum atomic E-state index is 0. The monoisotopic (exact) mass is 496 g/mol. The van der Waals surface area contributed by atoms with Crippen LogP contribution in [-0.4, -0.2) is 6.19 Å². The molecule has 0 spiro atoms. The second-order valence-electron chi connectivity index (χ2n) is 7.26. The Morgan fingerprint density at radius 3 is 1.97 bits per heavy atom. The van der Waals surface area contributed by atoms with Crippen LogP contribution in [-0.2, 0) is 25.6 Å². The summed E-state index contributed by atoms with van der Waals surface area (Å²) in [5.41, 5.74) is 2.79. The van der Waals surface area contributed by atoms with Crippen molar-refractivity contribution >= 4 is 27.7 Å². The molecule has 0 saturated heterocycles. The fourth-order valence-corrected chi connectivity index (χ4v) is 3.25. The summed E-state index contributed by atoms with van der Waals surface area (Å²) in [7, 11) is 0. The Balaban J connectivity index is 0.000000274. The molecule has 0 aliphatic heterocycles. The van der Waals surface area contributed by atoms with Gasteiger partial charge in [-0.05, 0) is 6.42 Å². The number of hydrogen-bond donors (Lipinski definition) is 0. The summed E-state index contributed by atoms with van der Waals surface area (Å²) in [6, 6.07) is 38.3. The van der Waals surface area contributed by atoms with Crippen molar-refractivity contribution in [2.24, 2.45) is 0 Å². The molecular weight excluding hydrogens is 471 g/mol. The van der Waals surface area contributed by atoms with Gasteiger partial charge in [0.1, 0.15) is 0 Å². The summed E-state index contributed by atoms with van der Waals surface area (Å²) in [4.78, 5) is 0. The summed E-state index contributed by atoms with van der Waals surface area (Å²) >= 11 is 2.27. The third-order valence-electron chi connectivity index (χ3n) is 4.56. The molecule has 158 valence electrons. The maximum atomic E-state index is 2.27. The van der Waals surface area contributed by atoms with Gasteiger partial charge in [-0.2, -0.15) is 17.5 Å². The van der Waals surface area contributed by atoms with Crippen molar-refractivity contribution in [1.29, 1.82) is 0 Å². The minimum Gasteiger partial charge on any atom is -1.00 e. The van der Waals surface area contributed by atoms with Crippen LogP contribution in [0.2, 0.25) is 13.1 Å². The van der Waals surface area contributed by atoms with Gasteiger partial charge in [0.15, 0.2) is 0 Å². The Kier molecular flexibility index (Phi) is 12.8. The van der Waals surface area contributed by atoms with Crippen LogP contribution in [0.4, 0.5) is 0 Å². The van der Waals surface area contributed by atoms with Gasteiger partial charge in [0.25, 0.3) is 0 Å². The molecule has 0 aliphatic carbocycles. The van der Waals surface area contributed by atoms with Gasteiger partial charge in [-0.15, -0.1) is 76.3 Å². The average molecular weight is 497 g/mol. The Bertz CT molecular complexity index is 1140. The predicted octanol–water partition coefficient (Wildman–Crippen LogP) is 1.50. The molecule has 5 aromatic rings. The Labute approximate surface area is 210 Å². The first-order chi connectivity index (χ1) is 14.1. The third kappa shape index (κ3) is 8.80. The summed E-state index contributed by atoms with van der Waals surface area (Å²) in [5.74, 6) is 0. The van der Waals surface area contributed by atoms with Crippen molar-refractivity contribution in [3.05, 3.63) is 120 Å². The molecule has 0 aromatic heterocycles. The zero-order chi connectivity index (χ0) is 20.5. The maximum Gasteiger partial charge on any atom is -0.0442 e. The summed E-state index contributed by atoms with van der Waals surface area (Å²) in [6.07, 6.45) is 1.14. The van der Waals surface area contributed by atoms with E-state index in [2.05, 4.69) is 141 Å². The van der Waals surface area contributed by atoms with E-state index in [0.29, 0.717) is 0 Å². The smallest absolute Gasteiger partial charge is 0.0442 e. The van der Waals surface area contributed by atoms with E-state index >= 15 is 0 Å². The molecule has 31 heavy (non-hydrogen) atoms. The normalized spacial score (nSPS) is 9.42. The Morgan fingerprint density at radius 2 is 1.29 bits per heavy atom. The average Bonchev–Trinajstić information content (AvgIpc) is 3.36. The Morgan fingerprint density at radius 1 is 0.710 bits per heavy atom.